The molecule has 0 unspecified atom stereocenters. The quantitative estimate of drug-likeness (QED) is 0.621. The van der Waals surface area contributed by atoms with Crippen molar-refractivity contribution in [2.75, 3.05) is 11.9 Å². The van der Waals surface area contributed by atoms with E-state index < -0.39 is 40.2 Å². The molecule has 2 rings (SSSR count). The van der Waals surface area contributed by atoms with Gasteiger partial charge in [0.05, 0.1) is 0 Å². The number of anilines is 1. The number of aliphatic hydroxyl groups is 1. The number of nitrogens with one attached hydrogen (secondary N) is 1. The number of aliphatic hydroxyl groups excluding tert-OH is 1. The average molecular weight is 458 g/mol. The van der Waals surface area contributed by atoms with Crippen LogP contribution < -0.4 is 9.03 Å². The first kappa shape index (κ1) is 20.0. The van der Waals surface area contributed by atoms with Gasteiger partial charge >= 0.3 is 156 Å². The third kappa shape index (κ3) is 6.50. The topological polar surface area (TPSA) is 75.9 Å². The second-order valence-electron chi connectivity index (χ2n) is 6.87. The van der Waals surface area contributed by atoms with Crippen molar-refractivity contribution in [2.45, 2.75) is 50.2 Å². The third-order valence-electron chi connectivity index (χ3n) is 3.07. The van der Waals surface area contributed by atoms with Crippen LogP contribution in [-0.4, -0.2) is 65.1 Å². The minimum absolute atomic E-state index is 0.128. The summed E-state index contributed by atoms with van der Waals surface area (Å²) in [5.74, 6) is 0.395. The predicted molar refractivity (Wildman–Crippen MR) is 94.5 cm³/mol. The molecular formula is C16H23F2N5OSn. The van der Waals surface area contributed by atoms with Gasteiger partial charge in [0.2, 0.25) is 0 Å². The van der Waals surface area contributed by atoms with E-state index in [1.807, 2.05) is 0 Å². The second kappa shape index (κ2) is 8.39. The van der Waals surface area contributed by atoms with E-state index >= 15 is 0 Å². The fraction of sp³-hybridized carbons (Fsp3) is 0.562. The molecule has 0 aliphatic heterocycles. The molecule has 9 heteroatoms. The molecule has 2 N–H and O–H groups in total. The molecule has 0 fully saturated rings. The zero-order valence-corrected chi connectivity index (χ0v) is 17.6. The summed E-state index contributed by atoms with van der Waals surface area (Å²) >= 11 is -1.11. The van der Waals surface area contributed by atoms with Gasteiger partial charge in [0, 0.05) is 0 Å². The number of hydrogen-bond donors (Lipinski definition) is 2. The van der Waals surface area contributed by atoms with Crippen LogP contribution in [0.2, 0.25) is 3.43 Å². The van der Waals surface area contributed by atoms with Gasteiger partial charge in [-0.25, -0.2) is 0 Å². The van der Waals surface area contributed by atoms with E-state index in [4.69, 9.17) is 0 Å². The molecule has 0 bridgehead atoms. The standard InChI is InChI=1S/C12H14F2N5O.C4H9.Sn/c1-8(20)4-16-12-15-3-2-10(18-12)9-5-17-19(6-9)7-11(13)14;1-4(2)3;/h2-3,6,8,11,20H,4,7H2,1H3,(H,15,16,18);1-3H3;/t8-;;/m0../s1. The average Bonchev–Trinajstić information content (AvgIpc) is 2.85. The Morgan fingerprint density at radius 3 is 2.68 bits per heavy atom. The Labute approximate surface area is 156 Å². The first-order valence-electron chi connectivity index (χ1n) is 8.03. The van der Waals surface area contributed by atoms with Gasteiger partial charge in [0.25, 0.3) is 0 Å². The summed E-state index contributed by atoms with van der Waals surface area (Å²) < 4.78 is 27.8. The van der Waals surface area contributed by atoms with Crippen LogP contribution in [0, 0.1) is 0 Å². The predicted octanol–water partition coefficient (Wildman–Crippen LogP) is 1.95. The molecule has 136 valence electrons. The Kier molecular flexibility index (Phi) is 6.72. The van der Waals surface area contributed by atoms with Crippen molar-refractivity contribution in [1.82, 2.24) is 19.7 Å². The number of alkyl halides is 2. The van der Waals surface area contributed by atoms with Gasteiger partial charge in [0.15, 0.2) is 0 Å². The summed E-state index contributed by atoms with van der Waals surface area (Å²) in [6.45, 7) is 8.01. The zero-order chi connectivity index (χ0) is 18.6. The fourth-order valence-electron chi connectivity index (χ4n) is 2.12. The number of halogens is 2. The van der Waals surface area contributed by atoms with Crippen LogP contribution in [0.3, 0.4) is 0 Å². The molecule has 0 saturated heterocycles. The molecule has 1 atom stereocenters. The molecule has 6 nitrogen and oxygen atoms in total. The monoisotopic (exact) mass is 459 g/mol. The summed E-state index contributed by atoms with van der Waals surface area (Å²) in [5, 5.41) is 16.7. The first-order chi connectivity index (χ1) is 11.6. The van der Waals surface area contributed by atoms with Crippen molar-refractivity contribution >= 4 is 30.8 Å². The van der Waals surface area contributed by atoms with Crippen LogP contribution in [0.5, 0.6) is 0 Å². The molecule has 0 saturated carbocycles. The van der Waals surface area contributed by atoms with Crippen LogP contribution in [-0.2, 0) is 6.54 Å². The molecule has 0 aliphatic rings. The van der Waals surface area contributed by atoms with E-state index in [2.05, 4.69) is 41.2 Å². The van der Waals surface area contributed by atoms with Gasteiger partial charge in [-0.2, -0.15) is 0 Å². The maximum absolute atomic E-state index is 12.7. The fourth-order valence-corrected chi connectivity index (χ4v) is 5.60. The molecule has 2 aromatic heterocycles. The first-order valence-corrected chi connectivity index (χ1v) is 10.9. The molecule has 0 amide bonds. The Morgan fingerprint density at radius 2 is 2.08 bits per heavy atom. The summed E-state index contributed by atoms with van der Waals surface area (Å²) in [6.07, 6.45) is 0.290. The van der Waals surface area contributed by atoms with Crippen molar-refractivity contribution in [2.24, 2.45) is 0 Å². The number of rotatable bonds is 7. The van der Waals surface area contributed by atoms with Crippen LogP contribution in [0.1, 0.15) is 27.7 Å². The molecule has 2 aromatic rings. The Balaban J connectivity index is 2.35. The van der Waals surface area contributed by atoms with Gasteiger partial charge in [-0.15, -0.1) is 0 Å². The van der Waals surface area contributed by atoms with E-state index in [1.54, 1.807) is 25.4 Å². The maximum atomic E-state index is 12.7. The number of nitrogens with zero attached hydrogens (tertiary/aromatic N) is 4. The summed E-state index contributed by atoms with van der Waals surface area (Å²) in [4.78, 5) is 8.58. The molecule has 2 radical (unpaired) electrons. The molecule has 0 aliphatic carbocycles. The Hall–Kier alpha value is -1.29. The Bertz CT molecular complexity index is 700. The van der Waals surface area contributed by atoms with Crippen molar-refractivity contribution in [3.63, 3.8) is 0 Å². The van der Waals surface area contributed by atoms with Gasteiger partial charge in [0.1, 0.15) is 0 Å². The third-order valence-corrected chi connectivity index (χ3v) is 6.94. The normalized spacial score (nSPS) is 13.3. The van der Waals surface area contributed by atoms with Crippen molar-refractivity contribution in [3.05, 3.63) is 18.5 Å². The van der Waals surface area contributed by atoms with Crippen molar-refractivity contribution in [3.8, 4) is 11.3 Å². The SMILES string of the molecule is C[C@H](O)CNc1nccc(-c2cn(CC(F)F)n[c]2[Sn][C](C)(C)C)n1. The van der Waals surface area contributed by atoms with Gasteiger partial charge in [-0.1, -0.05) is 0 Å². The zero-order valence-electron chi connectivity index (χ0n) is 14.8. The summed E-state index contributed by atoms with van der Waals surface area (Å²) in [5.41, 5.74) is 1.45. The van der Waals surface area contributed by atoms with Crippen LogP contribution in [0.15, 0.2) is 18.5 Å². The van der Waals surface area contributed by atoms with Crippen LogP contribution >= 0.6 is 0 Å². The van der Waals surface area contributed by atoms with Crippen LogP contribution in [0.25, 0.3) is 11.3 Å². The van der Waals surface area contributed by atoms with E-state index in [0.29, 0.717) is 18.2 Å². The van der Waals surface area contributed by atoms with E-state index in [9.17, 15) is 13.9 Å². The molecule has 2 heterocycles. The minimum atomic E-state index is -2.45. The summed E-state index contributed by atoms with van der Waals surface area (Å²) in [6, 6.07) is 1.75. The Morgan fingerprint density at radius 1 is 1.36 bits per heavy atom. The van der Waals surface area contributed by atoms with E-state index in [-0.39, 0.29) is 3.43 Å². The molecular weight excluding hydrogens is 435 g/mol. The molecule has 0 aromatic carbocycles. The van der Waals surface area contributed by atoms with Crippen LogP contribution in [0.4, 0.5) is 14.7 Å². The van der Waals surface area contributed by atoms with E-state index in [1.165, 1.54) is 4.68 Å². The van der Waals surface area contributed by atoms with Crippen molar-refractivity contribution < 1.29 is 13.9 Å². The molecule has 25 heavy (non-hydrogen) atoms. The number of hydrogen-bond acceptors (Lipinski definition) is 5. The number of aromatic nitrogens is 4. The van der Waals surface area contributed by atoms with Crippen molar-refractivity contribution in [1.29, 1.82) is 0 Å². The van der Waals surface area contributed by atoms with Gasteiger partial charge in [-0.05, 0) is 0 Å². The molecule has 0 spiro atoms. The van der Waals surface area contributed by atoms with Gasteiger partial charge in [-0.3, -0.25) is 0 Å². The summed E-state index contributed by atoms with van der Waals surface area (Å²) in [7, 11) is 0. The second-order valence-corrected chi connectivity index (χ2v) is 13.2. The van der Waals surface area contributed by atoms with Gasteiger partial charge < -0.3 is 0 Å². The van der Waals surface area contributed by atoms with E-state index in [0.717, 1.165) is 9.27 Å².